The van der Waals surface area contributed by atoms with Crippen LogP contribution in [0.5, 0.6) is 0 Å². The normalized spacial score (nSPS) is 20.8. The summed E-state index contributed by atoms with van der Waals surface area (Å²) in [4.78, 5) is 9.33. The first kappa shape index (κ1) is 21.1. The first-order valence-electron chi connectivity index (χ1n) is 8.44. The third kappa shape index (κ3) is 6.16. The van der Waals surface area contributed by atoms with Crippen molar-refractivity contribution in [2.75, 3.05) is 57.4 Å². The summed E-state index contributed by atoms with van der Waals surface area (Å²) >= 11 is 8.02. The number of nitrogens with two attached hydrogens (primary N) is 1. The van der Waals surface area contributed by atoms with Crippen LogP contribution in [0.4, 0.5) is 0 Å². The number of hydrogen-bond acceptors (Lipinski definition) is 4. The number of aliphatic imine (C=N–C) groups is 1. The van der Waals surface area contributed by atoms with E-state index in [9.17, 15) is 0 Å². The van der Waals surface area contributed by atoms with Crippen molar-refractivity contribution in [3.05, 3.63) is 34.9 Å². The van der Waals surface area contributed by atoms with Crippen LogP contribution in [0, 0.1) is 0 Å². The largest absolute Gasteiger partial charge is 0.379 e. The maximum Gasteiger partial charge on any atom is 0.191 e. The summed E-state index contributed by atoms with van der Waals surface area (Å²) in [6.07, 6.45) is 0. The smallest absolute Gasteiger partial charge is 0.191 e. The van der Waals surface area contributed by atoms with Crippen LogP contribution in [0.2, 0.25) is 5.02 Å². The Morgan fingerprint density at radius 1 is 1.16 bits per heavy atom. The summed E-state index contributed by atoms with van der Waals surface area (Å²) in [7, 11) is 0. The number of benzene rings is 1. The molecule has 2 saturated heterocycles. The summed E-state index contributed by atoms with van der Waals surface area (Å²) in [6, 6.07) is 8.28. The van der Waals surface area contributed by atoms with Crippen molar-refractivity contribution in [1.82, 2.24) is 9.80 Å². The molecule has 25 heavy (non-hydrogen) atoms. The lowest BCUT2D eigenvalue weighted by atomic mass is 10.0. The molecule has 8 heteroatoms. The van der Waals surface area contributed by atoms with E-state index in [4.69, 9.17) is 27.1 Å². The molecular weight excluding hydrogens is 471 g/mol. The second-order valence-corrected chi connectivity index (χ2v) is 7.68. The van der Waals surface area contributed by atoms with Crippen LogP contribution in [0.1, 0.15) is 11.6 Å². The number of rotatable bonds is 4. The van der Waals surface area contributed by atoms with E-state index in [0.29, 0.717) is 12.5 Å². The lowest BCUT2D eigenvalue weighted by Gasteiger charge is -2.34. The Morgan fingerprint density at radius 2 is 1.80 bits per heavy atom. The van der Waals surface area contributed by atoms with Crippen molar-refractivity contribution in [3.63, 3.8) is 0 Å². The van der Waals surface area contributed by atoms with Gasteiger partial charge in [0.25, 0.3) is 0 Å². The first-order chi connectivity index (χ1) is 11.7. The van der Waals surface area contributed by atoms with Crippen LogP contribution < -0.4 is 5.73 Å². The molecule has 1 unspecified atom stereocenters. The predicted octanol–water partition coefficient (Wildman–Crippen LogP) is 2.69. The zero-order chi connectivity index (χ0) is 16.8. The molecular formula is C17H26ClIN4OS. The van der Waals surface area contributed by atoms with Gasteiger partial charge in [0, 0.05) is 42.7 Å². The molecule has 1 aromatic rings. The van der Waals surface area contributed by atoms with Crippen molar-refractivity contribution in [2.45, 2.75) is 6.04 Å². The van der Waals surface area contributed by atoms with E-state index in [-0.39, 0.29) is 30.0 Å². The zero-order valence-electron chi connectivity index (χ0n) is 14.3. The van der Waals surface area contributed by atoms with E-state index in [1.54, 1.807) is 0 Å². The molecule has 2 heterocycles. The molecule has 0 bridgehead atoms. The highest BCUT2D eigenvalue weighted by Gasteiger charge is 2.23. The predicted molar refractivity (Wildman–Crippen MR) is 117 cm³/mol. The molecule has 0 saturated carbocycles. The summed E-state index contributed by atoms with van der Waals surface area (Å²) < 4.78 is 5.49. The topological polar surface area (TPSA) is 54.1 Å². The Hall–Kier alpha value is -0.220. The van der Waals surface area contributed by atoms with E-state index in [1.807, 2.05) is 23.9 Å². The van der Waals surface area contributed by atoms with Crippen molar-refractivity contribution in [1.29, 1.82) is 0 Å². The Kier molecular flexibility index (Phi) is 9.12. The SMILES string of the molecule is I.NC(=NCC(c1ccc(Cl)cc1)N1CCOCC1)N1CCSCC1. The van der Waals surface area contributed by atoms with Crippen molar-refractivity contribution >= 4 is 53.3 Å². The van der Waals surface area contributed by atoms with Gasteiger partial charge in [0.1, 0.15) is 0 Å². The third-order valence-corrected chi connectivity index (χ3v) is 5.70. The van der Waals surface area contributed by atoms with Crippen molar-refractivity contribution in [2.24, 2.45) is 10.7 Å². The molecule has 2 fully saturated rings. The molecule has 3 rings (SSSR count). The van der Waals surface area contributed by atoms with Gasteiger partial charge in [0.2, 0.25) is 0 Å². The Balaban J connectivity index is 0.00000225. The van der Waals surface area contributed by atoms with Crippen molar-refractivity contribution < 1.29 is 4.74 Å². The highest BCUT2D eigenvalue weighted by Crippen LogP contribution is 2.24. The molecule has 2 N–H and O–H groups in total. The van der Waals surface area contributed by atoms with Gasteiger partial charge >= 0.3 is 0 Å². The maximum absolute atomic E-state index is 6.23. The van der Waals surface area contributed by atoms with Crippen LogP contribution in [0.25, 0.3) is 0 Å². The summed E-state index contributed by atoms with van der Waals surface area (Å²) in [5.74, 6) is 2.92. The molecule has 0 spiro atoms. The minimum atomic E-state index is 0. The Bertz CT molecular complexity index is 548. The number of hydrogen-bond donors (Lipinski definition) is 1. The van der Waals surface area contributed by atoms with Gasteiger partial charge in [0.05, 0.1) is 25.8 Å². The van der Waals surface area contributed by atoms with Crippen molar-refractivity contribution in [3.8, 4) is 0 Å². The van der Waals surface area contributed by atoms with Crippen LogP contribution in [-0.4, -0.2) is 73.2 Å². The van der Waals surface area contributed by atoms with Gasteiger partial charge < -0.3 is 15.4 Å². The van der Waals surface area contributed by atoms with E-state index in [0.717, 1.165) is 55.9 Å². The number of guanidine groups is 1. The molecule has 0 aliphatic carbocycles. The van der Waals surface area contributed by atoms with Gasteiger partial charge in [-0.3, -0.25) is 9.89 Å². The molecule has 140 valence electrons. The number of thioether (sulfide) groups is 1. The molecule has 2 aliphatic heterocycles. The molecule has 0 radical (unpaired) electrons. The number of morpholine rings is 1. The molecule has 5 nitrogen and oxygen atoms in total. The minimum absolute atomic E-state index is 0. The third-order valence-electron chi connectivity index (χ3n) is 4.50. The average molecular weight is 497 g/mol. The number of ether oxygens (including phenoxy) is 1. The maximum atomic E-state index is 6.23. The second-order valence-electron chi connectivity index (χ2n) is 6.01. The van der Waals surface area contributed by atoms with Gasteiger partial charge in [-0.15, -0.1) is 24.0 Å². The average Bonchev–Trinajstić information content (AvgIpc) is 2.65. The lowest BCUT2D eigenvalue weighted by Crippen LogP contribution is -2.44. The second kappa shape index (κ2) is 10.8. The van der Waals surface area contributed by atoms with Crippen LogP contribution in [-0.2, 0) is 4.74 Å². The van der Waals surface area contributed by atoms with Crippen LogP contribution >= 0.6 is 47.3 Å². The van der Waals surface area contributed by atoms with E-state index >= 15 is 0 Å². The number of nitrogens with zero attached hydrogens (tertiary/aromatic N) is 3. The minimum Gasteiger partial charge on any atom is -0.379 e. The molecule has 1 aromatic carbocycles. The molecule has 2 aliphatic rings. The van der Waals surface area contributed by atoms with Gasteiger partial charge in [0.15, 0.2) is 5.96 Å². The Labute approximate surface area is 176 Å². The first-order valence-corrected chi connectivity index (χ1v) is 9.97. The lowest BCUT2D eigenvalue weighted by molar-refractivity contribution is 0.0179. The quantitative estimate of drug-likeness (QED) is 0.395. The highest BCUT2D eigenvalue weighted by atomic mass is 127. The fourth-order valence-electron chi connectivity index (χ4n) is 3.08. The summed E-state index contributed by atoms with van der Waals surface area (Å²) in [5.41, 5.74) is 7.46. The highest BCUT2D eigenvalue weighted by molar-refractivity contribution is 14.0. The van der Waals surface area contributed by atoms with Gasteiger partial charge in [-0.1, -0.05) is 23.7 Å². The van der Waals surface area contributed by atoms with Crippen LogP contribution in [0.3, 0.4) is 0 Å². The van der Waals surface area contributed by atoms with Gasteiger partial charge in [-0.25, -0.2) is 0 Å². The molecule has 1 atom stereocenters. The monoisotopic (exact) mass is 496 g/mol. The summed E-state index contributed by atoms with van der Waals surface area (Å²) in [5, 5.41) is 0.758. The Morgan fingerprint density at radius 3 is 2.44 bits per heavy atom. The standard InChI is InChI=1S/C17H25ClN4OS.HI/c18-15-3-1-14(2-4-15)16(21-5-9-23-10-6-21)13-20-17(19)22-7-11-24-12-8-22;/h1-4,16H,5-13H2,(H2,19,20);1H. The van der Waals surface area contributed by atoms with Gasteiger partial charge in [-0.05, 0) is 17.7 Å². The van der Waals surface area contributed by atoms with Crippen LogP contribution in [0.15, 0.2) is 29.3 Å². The summed E-state index contributed by atoms with van der Waals surface area (Å²) in [6.45, 7) is 6.02. The number of halogens is 2. The molecule has 0 aromatic heterocycles. The van der Waals surface area contributed by atoms with Gasteiger partial charge in [-0.2, -0.15) is 11.8 Å². The van der Waals surface area contributed by atoms with E-state index in [2.05, 4.69) is 21.9 Å². The van der Waals surface area contributed by atoms with E-state index < -0.39 is 0 Å². The van der Waals surface area contributed by atoms with E-state index in [1.165, 1.54) is 5.56 Å². The molecule has 0 amide bonds. The fourth-order valence-corrected chi connectivity index (χ4v) is 4.11. The fraction of sp³-hybridized carbons (Fsp3) is 0.588. The zero-order valence-corrected chi connectivity index (χ0v) is 18.2.